The highest BCUT2D eigenvalue weighted by Gasteiger charge is 2.11. The van der Waals surface area contributed by atoms with E-state index >= 15 is 0 Å². The monoisotopic (exact) mass is 292 g/mol. The molecule has 0 saturated heterocycles. The van der Waals surface area contributed by atoms with Gasteiger partial charge in [-0.15, -0.1) is 11.6 Å². The first-order valence-electron chi connectivity index (χ1n) is 5.75. The molecule has 0 fully saturated rings. The van der Waals surface area contributed by atoms with Crippen LogP contribution in [0.2, 0.25) is 5.02 Å². The van der Waals surface area contributed by atoms with Crippen molar-refractivity contribution in [2.75, 3.05) is 20.3 Å². The summed E-state index contributed by atoms with van der Waals surface area (Å²) in [4.78, 5) is 0. The minimum absolute atomic E-state index is 0.185. The predicted molar refractivity (Wildman–Crippen MR) is 74.1 cm³/mol. The smallest absolute Gasteiger partial charge is 0.179 e. The summed E-state index contributed by atoms with van der Waals surface area (Å²) in [5, 5.41) is 0.495. The fraction of sp³-hybridized carbons (Fsp3) is 0.538. The zero-order chi connectivity index (χ0) is 13.5. The molecule has 1 rings (SSSR count). The Balaban J connectivity index is 2.69. The van der Waals surface area contributed by atoms with Crippen LogP contribution >= 0.6 is 23.2 Å². The molecule has 0 aliphatic carbocycles. The molecule has 0 bridgehead atoms. The lowest BCUT2D eigenvalue weighted by Gasteiger charge is -2.14. The summed E-state index contributed by atoms with van der Waals surface area (Å²) in [5.74, 6) is 1.50. The van der Waals surface area contributed by atoms with Gasteiger partial charge in [0.2, 0.25) is 0 Å². The first-order valence-corrected chi connectivity index (χ1v) is 6.66. The minimum Gasteiger partial charge on any atom is -0.493 e. The molecule has 102 valence electrons. The van der Waals surface area contributed by atoms with Gasteiger partial charge in [0.05, 0.1) is 24.8 Å². The fourth-order valence-electron chi connectivity index (χ4n) is 1.42. The highest BCUT2D eigenvalue weighted by atomic mass is 35.5. The third-order valence-electron chi connectivity index (χ3n) is 2.22. The molecule has 18 heavy (non-hydrogen) atoms. The average Bonchev–Trinajstić information content (AvgIpc) is 2.34. The predicted octanol–water partition coefficient (Wildman–Crippen LogP) is 3.89. The third kappa shape index (κ3) is 4.56. The van der Waals surface area contributed by atoms with E-state index in [1.165, 1.54) is 0 Å². The summed E-state index contributed by atoms with van der Waals surface area (Å²) in [6.45, 7) is 4.88. The van der Waals surface area contributed by atoms with E-state index in [1.807, 2.05) is 19.9 Å². The van der Waals surface area contributed by atoms with Gasteiger partial charge in [-0.2, -0.15) is 0 Å². The Morgan fingerprint density at radius 3 is 2.50 bits per heavy atom. The van der Waals surface area contributed by atoms with E-state index in [4.69, 9.17) is 37.4 Å². The molecule has 0 spiro atoms. The van der Waals surface area contributed by atoms with Crippen LogP contribution in [-0.4, -0.2) is 26.4 Å². The number of rotatable bonds is 7. The lowest BCUT2D eigenvalue weighted by molar-refractivity contribution is 0.0547. The molecule has 5 heteroatoms. The van der Waals surface area contributed by atoms with Crippen molar-refractivity contribution in [1.29, 1.82) is 0 Å². The molecule has 0 aliphatic heterocycles. The molecule has 0 heterocycles. The second kappa shape index (κ2) is 7.72. The second-order valence-electron chi connectivity index (χ2n) is 4.01. The number of halogens is 2. The van der Waals surface area contributed by atoms with Gasteiger partial charge in [-0.1, -0.05) is 11.6 Å². The van der Waals surface area contributed by atoms with Gasteiger partial charge in [0, 0.05) is 5.88 Å². The van der Waals surface area contributed by atoms with Crippen molar-refractivity contribution >= 4 is 23.2 Å². The number of hydrogen-bond acceptors (Lipinski definition) is 3. The molecular weight excluding hydrogens is 275 g/mol. The van der Waals surface area contributed by atoms with Crippen LogP contribution in [-0.2, 0) is 10.6 Å². The van der Waals surface area contributed by atoms with Crippen molar-refractivity contribution in [1.82, 2.24) is 0 Å². The van der Waals surface area contributed by atoms with Crippen molar-refractivity contribution in [3.63, 3.8) is 0 Å². The van der Waals surface area contributed by atoms with Crippen LogP contribution in [0, 0.1) is 0 Å². The van der Waals surface area contributed by atoms with Gasteiger partial charge in [0.1, 0.15) is 6.61 Å². The Labute approximate surface area is 118 Å². The van der Waals surface area contributed by atoms with Crippen LogP contribution in [0.3, 0.4) is 0 Å². The zero-order valence-electron chi connectivity index (χ0n) is 10.8. The minimum atomic E-state index is 0.185. The summed E-state index contributed by atoms with van der Waals surface area (Å²) in [5.41, 5.74) is 0.893. The molecule has 0 unspecified atom stereocenters. The standard InChI is InChI=1S/C13H18Cl2O3/c1-9(2)17-4-5-18-13-11(15)6-10(8-14)7-12(13)16-3/h6-7,9H,4-5,8H2,1-3H3. The molecule has 0 atom stereocenters. The maximum Gasteiger partial charge on any atom is 0.179 e. The lowest BCUT2D eigenvalue weighted by Crippen LogP contribution is -2.11. The van der Waals surface area contributed by atoms with Gasteiger partial charge < -0.3 is 14.2 Å². The Kier molecular flexibility index (Phi) is 6.61. The van der Waals surface area contributed by atoms with E-state index in [-0.39, 0.29) is 6.10 Å². The summed E-state index contributed by atoms with van der Waals surface area (Å²) in [6, 6.07) is 3.59. The maximum absolute atomic E-state index is 6.13. The van der Waals surface area contributed by atoms with Crippen LogP contribution in [0.15, 0.2) is 12.1 Å². The van der Waals surface area contributed by atoms with Gasteiger partial charge in [-0.3, -0.25) is 0 Å². The first-order chi connectivity index (χ1) is 8.58. The topological polar surface area (TPSA) is 27.7 Å². The maximum atomic E-state index is 6.13. The normalized spacial score (nSPS) is 10.8. The Hall–Kier alpha value is -0.640. The molecule has 3 nitrogen and oxygen atoms in total. The van der Waals surface area contributed by atoms with Crippen LogP contribution in [0.1, 0.15) is 19.4 Å². The average molecular weight is 293 g/mol. The molecule has 1 aromatic rings. The highest BCUT2D eigenvalue weighted by molar-refractivity contribution is 6.32. The van der Waals surface area contributed by atoms with Crippen LogP contribution in [0.4, 0.5) is 0 Å². The first kappa shape index (κ1) is 15.4. The Morgan fingerprint density at radius 2 is 1.94 bits per heavy atom. The lowest BCUT2D eigenvalue weighted by atomic mass is 10.2. The summed E-state index contributed by atoms with van der Waals surface area (Å²) < 4.78 is 16.2. The molecule has 0 saturated carbocycles. The van der Waals surface area contributed by atoms with Crippen LogP contribution in [0.25, 0.3) is 0 Å². The van der Waals surface area contributed by atoms with Crippen molar-refractivity contribution in [2.45, 2.75) is 25.8 Å². The summed E-state index contributed by atoms with van der Waals surface area (Å²) in [7, 11) is 1.57. The van der Waals surface area contributed by atoms with E-state index in [0.717, 1.165) is 5.56 Å². The van der Waals surface area contributed by atoms with Crippen molar-refractivity contribution in [2.24, 2.45) is 0 Å². The number of hydrogen-bond donors (Lipinski definition) is 0. The van der Waals surface area contributed by atoms with Crippen LogP contribution < -0.4 is 9.47 Å². The molecular formula is C13H18Cl2O3. The Bertz CT molecular complexity index is 381. The number of methoxy groups -OCH3 is 1. The van der Waals surface area contributed by atoms with Crippen molar-refractivity contribution in [3.05, 3.63) is 22.7 Å². The molecule has 0 amide bonds. The van der Waals surface area contributed by atoms with Gasteiger partial charge in [0.25, 0.3) is 0 Å². The van der Waals surface area contributed by atoms with E-state index < -0.39 is 0 Å². The highest BCUT2D eigenvalue weighted by Crippen LogP contribution is 2.36. The van der Waals surface area contributed by atoms with Gasteiger partial charge in [-0.05, 0) is 31.5 Å². The largest absolute Gasteiger partial charge is 0.493 e. The van der Waals surface area contributed by atoms with Crippen LogP contribution in [0.5, 0.6) is 11.5 Å². The van der Waals surface area contributed by atoms with E-state index in [9.17, 15) is 0 Å². The number of ether oxygens (including phenoxy) is 3. The number of alkyl halides is 1. The molecule has 0 N–H and O–H groups in total. The molecule has 0 radical (unpaired) electrons. The van der Waals surface area contributed by atoms with E-state index in [2.05, 4.69) is 0 Å². The quantitative estimate of drug-likeness (QED) is 0.564. The fourth-order valence-corrected chi connectivity index (χ4v) is 1.86. The third-order valence-corrected chi connectivity index (χ3v) is 2.81. The SMILES string of the molecule is COc1cc(CCl)cc(Cl)c1OCCOC(C)C. The summed E-state index contributed by atoms with van der Waals surface area (Å²) in [6.07, 6.45) is 0.185. The Morgan fingerprint density at radius 1 is 1.22 bits per heavy atom. The van der Waals surface area contributed by atoms with Gasteiger partial charge in [-0.25, -0.2) is 0 Å². The van der Waals surface area contributed by atoms with Gasteiger partial charge in [0.15, 0.2) is 11.5 Å². The second-order valence-corrected chi connectivity index (χ2v) is 4.69. The van der Waals surface area contributed by atoms with Crippen molar-refractivity contribution < 1.29 is 14.2 Å². The summed E-state index contributed by atoms with van der Waals surface area (Å²) >= 11 is 11.9. The molecule has 0 aliphatic rings. The van der Waals surface area contributed by atoms with Gasteiger partial charge >= 0.3 is 0 Å². The molecule has 0 aromatic heterocycles. The zero-order valence-corrected chi connectivity index (χ0v) is 12.3. The van der Waals surface area contributed by atoms with E-state index in [0.29, 0.717) is 35.6 Å². The van der Waals surface area contributed by atoms with Crippen molar-refractivity contribution in [3.8, 4) is 11.5 Å². The van der Waals surface area contributed by atoms with E-state index in [1.54, 1.807) is 13.2 Å². The number of benzene rings is 1. The molecule has 1 aromatic carbocycles.